The maximum absolute atomic E-state index is 8.49. The topological polar surface area (TPSA) is 113 Å². The van der Waals surface area contributed by atoms with Crippen molar-refractivity contribution in [3.8, 4) is 28.2 Å². The van der Waals surface area contributed by atoms with Gasteiger partial charge in [0.25, 0.3) is 0 Å². The lowest BCUT2D eigenvalue weighted by Gasteiger charge is -2.17. The summed E-state index contributed by atoms with van der Waals surface area (Å²) in [5.74, 6) is 3.09. The standard InChI is InChI=1S/C31H39O2.ClHO4/c1-2-3-4-5-6-7-8-14-23-32-27-21-19-25(20-22-27)29-24-31(26-15-10-9-11-16-26)33-30-18-13-12-17-28(29)30;2-1(3,4)5/h9-11,15-16,19-22,24H,2-8,12-14,17-18,23H2,1H3;(H,2,3,4,5)/q+1;/p-1. The van der Waals surface area contributed by atoms with E-state index in [0.29, 0.717) is 0 Å². The summed E-state index contributed by atoms with van der Waals surface area (Å²) in [6.45, 7) is 3.08. The third-order valence-electron chi connectivity index (χ3n) is 6.74. The predicted molar refractivity (Wildman–Crippen MR) is 139 cm³/mol. The van der Waals surface area contributed by atoms with E-state index < -0.39 is 10.2 Å². The molecule has 0 saturated heterocycles. The van der Waals surface area contributed by atoms with Gasteiger partial charge in [0.15, 0.2) is 0 Å². The Bertz CT molecular complexity index is 1070. The van der Waals surface area contributed by atoms with Gasteiger partial charge in [-0.05, 0) is 55.5 Å². The lowest BCUT2D eigenvalue weighted by atomic mass is 9.89. The third kappa shape index (κ3) is 10.7. The second-order valence-electron chi connectivity index (χ2n) is 9.72. The average Bonchev–Trinajstić information content (AvgIpc) is 2.91. The van der Waals surface area contributed by atoms with E-state index in [2.05, 4.69) is 67.6 Å². The molecule has 38 heavy (non-hydrogen) atoms. The molecule has 1 aliphatic rings. The van der Waals surface area contributed by atoms with Crippen LogP contribution in [0.2, 0.25) is 0 Å². The Morgan fingerprint density at radius 2 is 1.34 bits per heavy atom. The molecule has 0 fully saturated rings. The lowest BCUT2D eigenvalue weighted by Crippen LogP contribution is -2.68. The van der Waals surface area contributed by atoms with Crippen molar-refractivity contribution in [1.29, 1.82) is 0 Å². The number of benzene rings is 2. The molecule has 2 aromatic carbocycles. The second kappa shape index (κ2) is 15.8. The molecule has 0 amide bonds. The number of hydrogen-bond donors (Lipinski definition) is 0. The second-order valence-corrected chi connectivity index (χ2v) is 10.5. The number of fused-ring (bicyclic) bond motifs is 1. The quantitative estimate of drug-likeness (QED) is 0.245. The molecule has 0 atom stereocenters. The molecule has 0 bridgehead atoms. The Kier molecular flexibility index (Phi) is 12.5. The normalized spacial score (nSPS) is 12.9. The molecule has 1 heterocycles. The fourth-order valence-electron chi connectivity index (χ4n) is 4.81. The number of ether oxygens (including phenoxy) is 1. The Morgan fingerprint density at radius 3 is 2.00 bits per heavy atom. The van der Waals surface area contributed by atoms with Gasteiger partial charge in [-0.25, -0.2) is 23.1 Å². The van der Waals surface area contributed by atoms with E-state index >= 15 is 0 Å². The number of aryl methyl sites for hydroxylation is 1. The highest BCUT2D eigenvalue weighted by Crippen LogP contribution is 2.36. The molecule has 0 radical (unpaired) electrons. The maximum Gasteiger partial charge on any atom is 0.360 e. The summed E-state index contributed by atoms with van der Waals surface area (Å²) in [7, 11) is -4.94. The monoisotopic (exact) mass is 542 g/mol. The minimum Gasteiger partial charge on any atom is -0.494 e. The predicted octanol–water partition coefficient (Wildman–Crippen LogP) is 4.54. The van der Waals surface area contributed by atoms with Crippen LogP contribution < -0.4 is 23.4 Å². The molecule has 0 N–H and O–H groups in total. The van der Waals surface area contributed by atoms with Crippen LogP contribution in [0.3, 0.4) is 0 Å². The summed E-state index contributed by atoms with van der Waals surface area (Å²) in [5.41, 5.74) is 5.08. The number of unbranched alkanes of at least 4 members (excludes halogenated alkanes) is 7. The zero-order valence-electron chi connectivity index (χ0n) is 22.3. The van der Waals surface area contributed by atoms with Gasteiger partial charge in [-0.2, -0.15) is 0 Å². The van der Waals surface area contributed by atoms with Gasteiger partial charge in [-0.3, -0.25) is 0 Å². The molecule has 0 aliphatic heterocycles. The fourth-order valence-corrected chi connectivity index (χ4v) is 4.81. The maximum atomic E-state index is 8.49. The minimum atomic E-state index is -4.94. The van der Waals surface area contributed by atoms with Gasteiger partial charge in [0.2, 0.25) is 0 Å². The summed E-state index contributed by atoms with van der Waals surface area (Å²) >= 11 is 0. The first-order chi connectivity index (χ1) is 18.3. The van der Waals surface area contributed by atoms with E-state index in [1.807, 2.05) is 0 Å². The Morgan fingerprint density at radius 1 is 0.737 bits per heavy atom. The van der Waals surface area contributed by atoms with Crippen LogP contribution in [-0.4, -0.2) is 6.61 Å². The smallest absolute Gasteiger partial charge is 0.360 e. The van der Waals surface area contributed by atoms with Crippen LogP contribution in [0, 0.1) is 10.2 Å². The van der Waals surface area contributed by atoms with E-state index in [-0.39, 0.29) is 0 Å². The summed E-state index contributed by atoms with van der Waals surface area (Å²) in [6.07, 6.45) is 15.2. The number of halogens is 1. The molecule has 0 saturated carbocycles. The van der Waals surface area contributed by atoms with Crippen LogP contribution in [-0.2, 0) is 12.8 Å². The van der Waals surface area contributed by atoms with Crippen molar-refractivity contribution < 1.29 is 38.0 Å². The highest BCUT2D eigenvalue weighted by Gasteiger charge is 2.27. The van der Waals surface area contributed by atoms with Gasteiger partial charge < -0.3 is 4.74 Å². The van der Waals surface area contributed by atoms with Crippen molar-refractivity contribution in [1.82, 2.24) is 0 Å². The molecule has 7 heteroatoms. The first-order valence-electron chi connectivity index (χ1n) is 13.7. The molecule has 4 rings (SSSR count). The molecule has 1 aliphatic carbocycles. The highest BCUT2D eigenvalue weighted by atomic mass is 35.7. The molecular formula is C31H39ClO6. The Balaban J connectivity index is 0.000000732. The van der Waals surface area contributed by atoms with Crippen molar-refractivity contribution in [3.63, 3.8) is 0 Å². The van der Waals surface area contributed by atoms with Gasteiger partial charge >= 0.3 is 11.5 Å². The van der Waals surface area contributed by atoms with Crippen LogP contribution in [0.25, 0.3) is 22.5 Å². The number of hydrogen-bond acceptors (Lipinski definition) is 5. The Hall–Kier alpha value is -2.48. The molecule has 0 spiro atoms. The first kappa shape index (κ1) is 30.1. The van der Waals surface area contributed by atoms with Crippen molar-refractivity contribution in [2.24, 2.45) is 0 Å². The van der Waals surface area contributed by atoms with Crippen molar-refractivity contribution in [3.05, 3.63) is 72.0 Å². The zero-order valence-corrected chi connectivity index (χ0v) is 23.0. The summed E-state index contributed by atoms with van der Waals surface area (Å²) in [6, 6.07) is 21.4. The van der Waals surface area contributed by atoms with Crippen LogP contribution in [0.15, 0.2) is 65.1 Å². The molecular weight excluding hydrogens is 504 g/mol. The minimum absolute atomic E-state index is 0.812. The lowest BCUT2D eigenvalue weighted by molar-refractivity contribution is -2.00. The van der Waals surface area contributed by atoms with E-state index in [9.17, 15) is 0 Å². The molecule has 1 aromatic heterocycles. The summed E-state index contributed by atoms with van der Waals surface area (Å²) in [5, 5.41) is 0. The molecule has 206 valence electrons. The van der Waals surface area contributed by atoms with Crippen LogP contribution in [0.4, 0.5) is 0 Å². The van der Waals surface area contributed by atoms with Crippen LogP contribution in [0.5, 0.6) is 5.75 Å². The van der Waals surface area contributed by atoms with Crippen LogP contribution >= 0.6 is 0 Å². The van der Waals surface area contributed by atoms with Gasteiger partial charge in [0, 0.05) is 5.56 Å². The van der Waals surface area contributed by atoms with Crippen molar-refractivity contribution in [2.75, 3.05) is 6.61 Å². The van der Waals surface area contributed by atoms with Crippen molar-refractivity contribution in [2.45, 2.75) is 84.0 Å². The highest BCUT2D eigenvalue weighted by molar-refractivity contribution is 5.73. The van der Waals surface area contributed by atoms with E-state index in [0.717, 1.165) is 48.7 Å². The Labute approximate surface area is 228 Å². The van der Waals surface area contributed by atoms with Crippen molar-refractivity contribution >= 4 is 0 Å². The van der Waals surface area contributed by atoms with Gasteiger partial charge in [-0.1, -0.05) is 82.2 Å². The third-order valence-corrected chi connectivity index (χ3v) is 6.74. The molecule has 3 aromatic rings. The summed E-state index contributed by atoms with van der Waals surface area (Å²) < 4.78 is 46.4. The van der Waals surface area contributed by atoms with E-state index in [1.54, 1.807) is 0 Å². The SMILES string of the molecule is CCCCCCCCCCOc1ccc(-c2cc(-c3ccccc3)[o+]c3c2CCCC3)cc1.[O-][Cl+3]([O-])([O-])[O-]. The number of rotatable bonds is 12. The van der Waals surface area contributed by atoms with E-state index in [1.165, 1.54) is 74.5 Å². The first-order valence-corrected chi connectivity index (χ1v) is 15.0. The van der Waals surface area contributed by atoms with Gasteiger partial charge in [-0.15, -0.1) is 10.2 Å². The zero-order chi connectivity index (χ0) is 27.2. The molecule has 0 unspecified atom stereocenters. The fraction of sp³-hybridized carbons (Fsp3) is 0.452. The van der Waals surface area contributed by atoms with E-state index in [4.69, 9.17) is 27.8 Å². The largest absolute Gasteiger partial charge is 0.494 e. The van der Waals surface area contributed by atoms with Crippen LogP contribution in [0.1, 0.15) is 82.5 Å². The van der Waals surface area contributed by atoms with Gasteiger partial charge in [0.05, 0.1) is 30.2 Å². The average molecular weight is 543 g/mol. The van der Waals surface area contributed by atoms with Gasteiger partial charge in [0.1, 0.15) is 5.75 Å². The summed E-state index contributed by atoms with van der Waals surface area (Å²) in [4.78, 5) is 0. The molecule has 6 nitrogen and oxygen atoms in total.